The van der Waals surface area contributed by atoms with Crippen LogP contribution < -0.4 is 10.5 Å². The lowest BCUT2D eigenvalue weighted by molar-refractivity contribution is 0.0599. The van der Waals surface area contributed by atoms with Crippen LogP contribution in [0.2, 0.25) is 10.0 Å². The summed E-state index contributed by atoms with van der Waals surface area (Å²) in [6.07, 6.45) is 0. The fourth-order valence-corrected chi connectivity index (χ4v) is 2.11. The first-order chi connectivity index (χ1) is 10.0. The Labute approximate surface area is 132 Å². The maximum Gasteiger partial charge on any atom is 0.340 e. The Morgan fingerprint density at radius 3 is 2.62 bits per heavy atom. The van der Waals surface area contributed by atoms with Gasteiger partial charge in [0.15, 0.2) is 0 Å². The predicted molar refractivity (Wildman–Crippen MR) is 83.0 cm³/mol. The molecule has 2 rings (SSSR count). The first-order valence-electron chi connectivity index (χ1n) is 6.06. The fraction of sp³-hybridized carbons (Fsp3) is 0.133. The van der Waals surface area contributed by atoms with E-state index < -0.39 is 5.97 Å². The van der Waals surface area contributed by atoms with E-state index in [0.29, 0.717) is 32.6 Å². The molecule has 0 atom stereocenters. The van der Waals surface area contributed by atoms with Crippen molar-refractivity contribution in [3.8, 4) is 5.75 Å². The van der Waals surface area contributed by atoms with Gasteiger partial charge in [-0.05, 0) is 18.2 Å². The number of hydrogen-bond acceptors (Lipinski definition) is 4. The number of esters is 1. The Kier molecular flexibility index (Phi) is 4.94. The molecule has 0 aliphatic rings. The fourth-order valence-electron chi connectivity index (χ4n) is 1.82. The zero-order valence-electron chi connectivity index (χ0n) is 11.2. The molecule has 21 heavy (non-hydrogen) atoms. The van der Waals surface area contributed by atoms with Crippen LogP contribution in [-0.2, 0) is 11.3 Å². The normalized spacial score (nSPS) is 10.2. The molecule has 0 radical (unpaired) electrons. The van der Waals surface area contributed by atoms with Crippen LogP contribution in [0.4, 0.5) is 5.69 Å². The van der Waals surface area contributed by atoms with Crippen molar-refractivity contribution in [2.45, 2.75) is 6.61 Å². The summed E-state index contributed by atoms with van der Waals surface area (Å²) >= 11 is 11.8. The highest BCUT2D eigenvalue weighted by molar-refractivity contribution is 6.42. The van der Waals surface area contributed by atoms with Gasteiger partial charge in [-0.1, -0.05) is 35.3 Å². The van der Waals surface area contributed by atoms with Gasteiger partial charge in [0, 0.05) is 17.3 Å². The second-order valence-corrected chi connectivity index (χ2v) is 5.05. The van der Waals surface area contributed by atoms with E-state index in [-0.39, 0.29) is 6.61 Å². The summed E-state index contributed by atoms with van der Waals surface area (Å²) in [4.78, 5) is 11.8. The SMILES string of the molecule is COC(=O)c1c(N)cccc1COc1ccc(Cl)c(Cl)c1. The Morgan fingerprint density at radius 1 is 1.19 bits per heavy atom. The monoisotopic (exact) mass is 325 g/mol. The predicted octanol–water partition coefficient (Wildman–Crippen LogP) is 3.94. The van der Waals surface area contributed by atoms with E-state index in [1.807, 2.05) is 0 Å². The van der Waals surface area contributed by atoms with Crippen LogP contribution in [0.15, 0.2) is 36.4 Å². The van der Waals surface area contributed by atoms with Crippen LogP contribution in [0.3, 0.4) is 0 Å². The van der Waals surface area contributed by atoms with Crippen molar-refractivity contribution in [3.63, 3.8) is 0 Å². The molecule has 0 saturated heterocycles. The van der Waals surface area contributed by atoms with E-state index in [1.54, 1.807) is 36.4 Å². The first kappa shape index (κ1) is 15.5. The second-order valence-electron chi connectivity index (χ2n) is 4.24. The summed E-state index contributed by atoms with van der Waals surface area (Å²) in [6, 6.07) is 10.1. The lowest BCUT2D eigenvalue weighted by atomic mass is 10.1. The standard InChI is InChI=1S/C15H13Cl2NO3/c1-20-15(19)14-9(3-2-4-13(14)18)8-21-10-5-6-11(16)12(17)7-10/h2-7H,8,18H2,1H3. The molecule has 2 aromatic carbocycles. The van der Waals surface area contributed by atoms with Crippen LogP contribution in [0.5, 0.6) is 5.75 Å². The summed E-state index contributed by atoms with van der Waals surface area (Å²) in [7, 11) is 1.30. The van der Waals surface area contributed by atoms with E-state index in [0.717, 1.165) is 0 Å². The number of halogens is 2. The molecular formula is C15H13Cl2NO3. The van der Waals surface area contributed by atoms with Gasteiger partial charge in [-0.2, -0.15) is 0 Å². The van der Waals surface area contributed by atoms with Crippen molar-refractivity contribution in [3.05, 3.63) is 57.6 Å². The van der Waals surface area contributed by atoms with Gasteiger partial charge in [0.2, 0.25) is 0 Å². The van der Waals surface area contributed by atoms with Crippen molar-refractivity contribution < 1.29 is 14.3 Å². The Bertz CT molecular complexity index is 674. The Balaban J connectivity index is 2.22. The molecule has 0 aliphatic carbocycles. The van der Waals surface area contributed by atoms with Gasteiger partial charge < -0.3 is 15.2 Å². The zero-order chi connectivity index (χ0) is 15.4. The first-order valence-corrected chi connectivity index (χ1v) is 6.82. The van der Waals surface area contributed by atoms with Crippen molar-refractivity contribution in [1.82, 2.24) is 0 Å². The number of anilines is 1. The molecule has 0 bridgehead atoms. The van der Waals surface area contributed by atoms with Crippen LogP contribution >= 0.6 is 23.2 Å². The molecule has 2 N–H and O–H groups in total. The summed E-state index contributed by atoms with van der Waals surface area (Å²) in [5, 5.41) is 0.846. The van der Waals surface area contributed by atoms with Crippen molar-refractivity contribution in [2.75, 3.05) is 12.8 Å². The van der Waals surface area contributed by atoms with E-state index in [1.165, 1.54) is 7.11 Å². The molecule has 110 valence electrons. The average Bonchev–Trinajstić information content (AvgIpc) is 2.48. The molecular weight excluding hydrogens is 313 g/mol. The van der Waals surface area contributed by atoms with Gasteiger partial charge in [0.05, 0.1) is 22.7 Å². The number of ether oxygens (including phenoxy) is 2. The van der Waals surface area contributed by atoms with E-state index in [2.05, 4.69) is 0 Å². The van der Waals surface area contributed by atoms with Gasteiger partial charge in [0.1, 0.15) is 12.4 Å². The largest absolute Gasteiger partial charge is 0.489 e. The van der Waals surface area contributed by atoms with E-state index >= 15 is 0 Å². The van der Waals surface area contributed by atoms with Crippen molar-refractivity contribution in [1.29, 1.82) is 0 Å². The number of rotatable bonds is 4. The summed E-state index contributed by atoms with van der Waals surface area (Å²) in [5.74, 6) is 0.0449. The third-order valence-corrected chi connectivity index (χ3v) is 3.60. The minimum atomic E-state index is -0.499. The highest BCUT2D eigenvalue weighted by atomic mass is 35.5. The Morgan fingerprint density at radius 2 is 1.95 bits per heavy atom. The highest BCUT2D eigenvalue weighted by Gasteiger charge is 2.15. The number of carbonyl (C=O) groups is 1. The number of carbonyl (C=O) groups excluding carboxylic acids is 1. The van der Waals surface area contributed by atoms with Gasteiger partial charge in [-0.25, -0.2) is 4.79 Å². The smallest absolute Gasteiger partial charge is 0.340 e. The molecule has 0 saturated carbocycles. The third kappa shape index (κ3) is 3.60. The molecule has 0 aromatic heterocycles. The van der Waals surface area contributed by atoms with Gasteiger partial charge in [-0.15, -0.1) is 0 Å². The molecule has 2 aromatic rings. The van der Waals surface area contributed by atoms with Crippen LogP contribution in [0.1, 0.15) is 15.9 Å². The zero-order valence-corrected chi connectivity index (χ0v) is 12.7. The molecule has 4 nitrogen and oxygen atoms in total. The quantitative estimate of drug-likeness (QED) is 0.683. The van der Waals surface area contributed by atoms with E-state index in [4.69, 9.17) is 38.4 Å². The molecule has 0 amide bonds. The van der Waals surface area contributed by atoms with Crippen molar-refractivity contribution in [2.24, 2.45) is 0 Å². The number of methoxy groups -OCH3 is 1. The minimum Gasteiger partial charge on any atom is -0.489 e. The molecule has 0 unspecified atom stereocenters. The van der Waals surface area contributed by atoms with Crippen LogP contribution in [-0.4, -0.2) is 13.1 Å². The molecule has 0 heterocycles. The average molecular weight is 326 g/mol. The summed E-state index contributed by atoms with van der Waals surface area (Å²) < 4.78 is 10.3. The number of nitrogen functional groups attached to an aromatic ring is 1. The van der Waals surface area contributed by atoms with Crippen LogP contribution in [0, 0.1) is 0 Å². The second kappa shape index (κ2) is 6.70. The minimum absolute atomic E-state index is 0.160. The number of nitrogens with two attached hydrogens (primary N) is 1. The van der Waals surface area contributed by atoms with Gasteiger partial charge in [-0.3, -0.25) is 0 Å². The molecule has 6 heteroatoms. The van der Waals surface area contributed by atoms with E-state index in [9.17, 15) is 4.79 Å². The van der Waals surface area contributed by atoms with Gasteiger partial charge >= 0.3 is 5.97 Å². The topological polar surface area (TPSA) is 61.5 Å². The molecule has 0 aliphatic heterocycles. The maximum atomic E-state index is 11.8. The van der Waals surface area contributed by atoms with Crippen LogP contribution in [0.25, 0.3) is 0 Å². The van der Waals surface area contributed by atoms with Gasteiger partial charge in [0.25, 0.3) is 0 Å². The van der Waals surface area contributed by atoms with Crippen molar-refractivity contribution >= 4 is 34.9 Å². The molecule has 0 fully saturated rings. The summed E-state index contributed by atoms with van der Waals surface area (Å²) in [6.45, 7) is 0.160. The summed E-state index contributed by atoms with van der Waals surface area (Å²) in [5.41, 5.74) is 7.10. The maximum absolute atomic E-state index is 11.8. The number of benzene rings is 2. The Hall–Kier alpha value is -1.91. The molecule has 0 spiro atoms. The lowest BCUT2D eigenvalue weighted by Gasteiger charge is -2.12. The lowest BCUT2D eigenvalue weighted by Crippen LogP contribution is -2.11. The number of hydrogen-bond donors (Lipinski definition) is 1. The third-order valence-electron chi connectivity index (χ3n) is 2.86. The highest BCUT2D eigenvalue weighted by Crippen LogP contribution is 2.27.